The highest BCUT2D eigenvalue weighted by Gasteiger charge is 2.18. The standard InChI is InChI=1S/C22H26N4O2/c1-5-17-6-8-18(9-7-17)12-26-16(4)21(24-25-26)22(28)23-20-11-19(13-27)14(2)10-15(20)3/h6-11,27H,5,12-13H2,1-4H3,(H,23,28). The highest BCUT2D eigenvalue weighted by molar-refractivity contribution is 6.04. The summed E-state index contributed by atoms with van der Waals surface area (Å²) in [6.45, 7) is 8.33. The van der Waals surface area contributed by atoms with E-state index in [1.54, 1.807) is 10.7 Å². The minimum Gasteiger partial charge on any atom is -0.392 e. The van der Waals surface area contributed by atoms with Crippen molar-refractivity contribution in [2.75, 3.05) is 5.32 Å². The molecule has 2 N–H and O–H groups in total. The number of benzene rings is 2. The van der Waals surface area contributed by atoms with Gasteiger partial charge in [0, 0.05) is 5.69 Å². The van der Waals surface area contributed by atoms with Gasteiger partial charge in [-0.1, -0.05) is 42.5 Å². The summed E-state index contributed by atoms with van der Waals surface area (Å²) < 4.78 is 1.73. The van der Waals surface area contributed by atoms with Gasteiger partial charge in [0.2, 0.25) is 0 Å². The van der Waals surface area contributed by atoms with Crippen molar-refractivity contribution in [3.63, 3.8) is 0 Å². The van der Waals surface area contributed by atoms with E-state index in [9.17, 15) is 9.90 Å². The maximum atomic E-state index is 12.7. The van der Waals surface area contributed by atoms with E-state index in [0.717, 1.165) is 28.7 Å². The van der Waals surface area contributed by atoms with Crippen LogP contribution < -0.4 is 5.32 Å². The molecular formula is C22H26N4O2. The Morgan fingerprint density at radius 2 is 1.75 bits per heavy atom. The van der Waals surface area contributed by atoms with Gasteiger partial charge < -0.3 is 10.4 Å². The van der Waals surface area contributed by atoms with Gasteiger partial charge in [0.05, 0.1) is 18.8 Å². The van der Waals surface area contributed by atoms with Crippen molar-refractivity contribution < 1.29 is 9.90 Å². The lowest BCUT2D eigenvalue weighted by Crippen LogP contribution is -2.15. The number of rotatable bonds is 6. The van der Waals surface area contributed by atoms with Crippen LogP contribution in [0.3, 0.4) is 0 Å². The van der Waals surface area contributed by atoms with Gasteiger partial charge in [0.1, 0.15) is 0 Å². The third-order valence-electron chi connectivity index (χ3n) is 5.06. The Morgan fingerprint density at radius 1 is 1.07 bits per heavy atom. The Kier molecular flexibility index (Phi) is 5.90. The van der Waals surface area contributed by atoms with Gasteiger partial charge in [-0.25, -0.2) is 4.68 Å². The van der Waals surface area contributed by atoms with Gasteiger partial charge in [0.25, 0.3) is 5.91 Å². The van der Waals surface area contributed by atoms with E-state index in [4.69, 9.17) is 0 Å². The first-order chi connectivity index (χ1) is 13.4. The molecule has 28 heavy (non-hydrogen) atoms. The largest absolute Gasteiger partial charge is 0.392 e. The molecule has 0 fully saturated rings. The van der Waals surface area contributed by atoms with Crippen LogP contribution in [0.4, 0.5) is 5.69 Å². The molecule has 0 atom stereocenters. The molecule has 1 amide bonds. The zero-order valence-corrected chi connectivity index (χ0v) is 16.8. The lowest BCUT2D eigenvalue weighted by atomic mass is 10.0. The normalized spacial score (nSPS) is 10.9. The van der Waals surface area contributed by atoms with Crippen LogP contribution in [0.5, 0.6) is 0 Å². The SMILES string of the molecule is CCc1ccc(Cn2nnc(C(=O)Nc3cc(CO)c(C)cc3C)c2C)cc1. The van der Waals surface area contributed by atoms with Crippen molar-refractivity contribution in [1.29, 1.82) is 0 Å². The van der Waals surface area contributed by atoms with Crippen molar-refractivity contribution in [1.82, 2.24) is 15.0 Å². The Morgan fingerprint density at radius 3 is 2.39 bits per heavy atom. The number of aliphatic hydroxyl groups is 1. The van der Waals surface area contributed by atoms with Crippen LogP contribution in [0, 0.1) is 20.8 Å². The summed E-state index contributed by atoms with van der Waals surface area (Å²) in [7, 11) is 0. The van der Waals surface area contributed by atoms with Crippen molar-refractivity contribution >= 4 is 11.6 Å². The molecule has 6 heteroatoms. The number of carbonyl (C=O) groups excluding carboxylic acids is 1. The fourth-order valence-corrected chi connectivity index (χ4v) is 3.16. The van der Waals surface area contributed by atoms with E-state index >= 15 is 0 Å². The molecule has 0 aliphatic heterocycles. The van der Waals surface area contributed by atoms with Gasteiger partial charge >= 0.3 is 0 Å². The second kappa shape index (κ2) is 8.35. The molecule has 0 bridgehead atoms. The van der Waals surface area contributed by atoms with Crippen LogP contribution in [0.1, 0.15) is 50.9 Å². The summed E-state index contributed by atoms with van der Waals surface area (Å²) in [4.78, 5) is 12.7. The van der Waals surface area contributed by atoms with E-state index in [1.807, 2.05) is 26.8 Å². The molecule has 0 saturated heterocycles. The van der Waals surface area contributed by atoms with Crippen LogP contribution in [0.15, 0.2) is 36.4 Å². The molecule has 2 aromatic carbocycles. The molecule has 1 heterocycles. The Balaban J connectivity index is 1.78. The number of aliphatic hydroxyl groups excluding tert-OH is 1. The summed E-state index contributed by atoms with van der Waals surface area (Å²) in [5.41, 5.74) is 6.80. The second-order valence-electron chi connectivity index (χ2n) is 7.06. The molecule has 0 aliphatic carbocycles. The Bertz CT molecular complexity index is 991. The van der Waals surface area contributed by atoms with Crippen molar-refractivity contribution in [2.45, 2.75) is 47.3 Å². The number of aromatic nitrogens is 3. The number of nitrogens with zero attached hydrogens (tertiary/aromatic N) is 3. The molecule has 6 nitrogen and oxygen atoms in total. The molecule has 0 aliphatic rings. The fourth-order valence-electron chi connectivity index (χ4n) is 3.16. The van der Waals surface area contributed by atoms with Crippen molar-refractivity contribution in [3.8, 4) is 0 Å². The first-order valence-corrected chi connectivity index (χ1v) is 9.43. The van der Waals surface area contributed by atoms with E-state index < -0.39 is 0 Å². The highest BCUT2D eigenvalue weighted by atomic mass is 16.3. The third kappa shape index (κ3) is 4.12. The number of amides is 1. The molecule has 0 spiro atoms. The monoisotopic (exact) mass is 378 g/mol. The molecule has 1 aromatic heterocycles. The van der Waals surface area contributed by atoms with Crippen LogP contribution in [-0.4, -0.2) is 26.0 Å². The predicted molar refractivity (Wildman–Crippen MR) is 109 cm³/mol. The fraction of sp³-hybridized carbons (Fsp3) is 0.318. The smallest absolute Gasteiger partial charge is 0.278 e. The summed E-state index contributed by atoms with van der Waals surface area (Å²) in [6, 6.07) is 12.1. The van der Waals surface area contributed by atoms with Crippen LogP contribution >= 0.6 is 0 Å². The van der Waals surface area contributed by atoms with Crippen LogP contribution in [0.2, 0.25) is 0 Å². The van der Waals surface area contributed by atoms with Gasteiger partial charge in [-0.05, 0) is 61.1 Å². The number of anilines is 1. The van der Waals surface area contributed by atoms with E-state index in [1.165, 1.54) is 5.56 Å². The lowest BCUT2D eigenvalue weighted by molar-refractivity contribution is 0.102. The van der Waals surface area contributed by atoms with E-state index in [2.05, 4.69) is 46.8 Å². The second-order valence-corrected chi connectivity index (χ2v) is 7.06. The number of hydrogen-bond donors (Lipinski definition) is 2. The number of hydrogen-bond acceptors (Lipinski definition) is 4. The maximum Gasteiger partial charge on any atom is 0.278 e. The average Bonchev–Trinajstić information content (AvgIpc) is 3.05. The van der Waals surface area contributed by atoms with Crippen LogP contribution in [-0.2, 0) is 19.6 Å². The minimum atomic E-state index is -0.305. The number of nitrogens with one attached hydrogen (secondary N) is 1. The Labute approximate surface area is 165 Å². The first kappa shape index (κ1) is 19.8. The highest BCUT2D eigenvalue weighted by Crippen LogP contribution is 2.22. The van der Waals surface area contributed by atoms with Gasteiger partial charge in [-0.15, -0.1) is 5.10 Å². The molecule has 3 aromatic rings. The zero-order valence-electron chi connectivity index (χ0n) is 16.8. The summed E-state index contributed by atoms with van der Waals surface area (Å²) >= 11 is 0. The molecule has 0 saturated carbocycles. The van der Waals surface area contributed by atoms with Crippen molar-refractivity contribution in [2.24, 2.45) is 0 Å². The first-order valence-electron chi connectivity index (χ1n) is 9.43. The number of aryl methyl sites for hydroxylation is 3. The maximum absolute atomic E-state index is 12.7. The van der Waals surface area contributed by atoms with Gasteiger partial charge in [-0.2, -0.15) is 0 Å². The molecule has 3 rings (SSSR count). The molecule has 146 valence electrons. The van der Waals surface area contributed by atoms with Gasteiger partial charge in [0.15, 0.2) is 5.69 Å². The minimum absolute atomic E-state index is 0.0684. The number of carbonyl (C=O) groups is 1. The topological polar surface area (TPSA) is 80.0 Å². The summed E-state index contributed by atoms with van der Waals surface area (Å²) in [5.74, 6) is -0.305. The molecule has 0 radical (unpaired) electrons. The summed E-state index contributed by atoms with van der Waals surface area (Å²) in [6.07, 6.45) is 1.00. The predicted octanol–water partition coefficient (Wildman–Crippen LogP) is 3.56. The molecule has 0 unspecified atom stereocenters. The molecular weight excluding hydrogens is 352 g/mol. The summed E-state index contributed by atoms with van der Waals surface area (Å²) in [5, 5.41) is 20.6. The third-order valence-corrected chi connectivity index (χ3v) is 5.06. The van der Waals surface area contributed by atoms with Gasteiger partial charge in [-0.3, -0.25) is 4.79 Å². The lowest BCUT2D eigenvalue weighted by Gasteiger charge is -2.12. The van der Waals surface area contributed by atoms with E-state index in [0.29, 0.717) is 23.6 Å². The van der Waals surface area contributed by atoms with Crippen LogP contribution in [0.25, 0.3) is 0 Å². The average molecular weight is 378 g/mol. The Hall–Kier alpha value is -2.99. The zero-order chi connectivity index (χ0) is 20.3. The van der Waals surface area contributed by atoms with Crippen molar-refractivity contribution in [3.05, 3.63) is 75.6 Å². The quantitative estimate of drug-likeness (QED) is 0.687. The van der Waals surface area contributed by atoms with E-state index in [-0.39, 0.29) is 12.5 Å².